The third-order valence-electron chi connectivity index (χ3n) is 2.91. The summed E-state index contributed by atoms with van der Waals surface area (Å²) in [5.74, 6) is 0. The van der Waals surface area contributed by atoms with Crippen molar-refractivity contribution in [1.82, 2.24) is 9.97 Å². The van der Waals surface area contributed by atoms with Crippen LogP contribution in [0.1, 0.15) is 5.69 Å². The number of halogens is 3. The fourth-order valence-corrected chi connectivity index (χ4v) is 2.92. The normalized spacial score (nSPS) is 13.0. The van der Waals surface area contributed by atoms with Gasteiger partial charge in [0.2, 0.25) is 15.0 Å². The van der Waals surface area contributed by atoms with E-state index in [1.165, 1.54) is 24.3 Å². The van der Waals surface area contributed by atoms with Crippen molar-refractivity contribution in [3.05, 3.63) is 36.0 Å². The van der Waals surface area contributed by atoms with Gasteiger partial charge in [-0.2, -0.15) is 13.2 Å². The van der Waals surface area contributed by atoms with E-state index in [0.29, 0.717) is 12.3 Å². The third-order valence-corrected chi connectivity index (χ3v) is 4.88. The first kappa shape index (κ1) is 18.3. The minimum atomic E-state index is -4.86. The fourth-order valence-electron chi connectivity index (χ4n) is 1.76. The average Bonchev–Trinajstić information content (AvgIpc) is 2.44. The third kappa shape index (κ3) is 4.09. The molecule has 0 spiro atoms. The molecule has 0 bridgehead atoms. The molecule has 0 radical (unpaired) electrons. The molecule has 130 valence electrons. The van der Waals surface area contributed by atoms with E-state index < -0.39 is 36.7 Å². The summed E-state index contributed by atoms with van der Waals surface area (Å²) in [6.45, 7) is 0. The summed E-state index contributed by atoms with van der Waals surface area (Å²) in [4.78, 5) is 6.64. The monoisotopic (exact) mass is 380 g/mol. The molecule has 0 aliphatic carbocycles. The zero-order valence-electron chi connectivity index (χ0n) is 12.4. The van der Waals surface area contributed by atoms with Crippen LogP contribution in [0.15, 0.2) is 40.4 Å². The summed E-state index contributed by atoms with van der Waals surface area (Å²) in [5.41, 5.74) is -1.56. The summed E-state index contributed by atoms with van der Waals surface area (Å²) in [7, 11) is -7.54. The molecule has 11 heteroatoms. The molecule has 2 aromatic rings. The van der Waals surface area contributed by atoms with E-state index in [-0.39, 0.29) is 16.2 Å². The highest BCUT2D eigenvalue weighted by atomic mass is 32.2. The zero-order valence-corrected chi connectivity index (χ0v) is 14.0. The standard InChI is InChI=1S/C13H11F3N2O4S2/c1-23(19,20)9-5-3-8(4-6-9)10-7-11(13(14,15)16)18-12(17-10)24(2,21)22/h3-7H,1-2H3. The second-order valence-corrected chi connectivity index (χ2v) is 8.91. The van der Waals surface area contributed by atoms with Crippen molar-refractivity contribution in [3.8, 4) is 11.3 Å². The Morgan fingerprint density at radius 2 is 1.42 bits per heavy atom. The van der Waals surface area contributed by atoms with Gasteiger partial charge in [-0.3, -0.25) is 0 Å². The molecule has 1 heterocycles. The van der Waals surface area contributed by atoms with Crippen LogP contribution in [-0.2, 0) is 25.9 Å². The van der Waals surface area contributed by atoms with Crippen LogP contribution in [0.5, 0.6) is 0 Å². The van der Waals surface area contributed by atoms with Crippen molar-refractivity contribution >= 4 is 19.7 Å². The molecule has 0 saturated carbocycles. The van der Waals surface area contributed by atoms with Crippen molar-refractivity contribution < 1.29 is 30.0 Å². The number of benzene rings is 1. The molecule has 1 aromatic heterocycles. The second kappa shape index (κ2) is 5.81. The molecule has 0 unspecified atom stereocenters. The van der Waals surface area contributed by atoms with Crippen LogP contribution >= 0.6 is 0 Å². The van der Waals surface area contributed by atoms with Gasteiger partial charge in [0, 0.05) is 18.1 Å². The fraction of sp³-hybridized carbons (Fsp3) is 0.231. The molecule has 2 rings (SSSR count). The minimum absolute atomic E-state index is 0.0281. The molecule has 0 atom stereocenters. The van der Waals surface area contributed by atoms with Gasteiger partial charge < -0.3 is 0 Å². The van der Waals surface area contributed by atoms with Crippen LogP contribution in [0.3, 0.4) is 0 Å². The van der Waals surface area contributed by atoms with E-state index in [0.717, 1.165) is 6.26 Å². The number of sulfone groups is 2. The maximum absolute atomic E-state index is 12.9. The molecule has 0 aliphatic heterocycles. The quantitative estimate of drug-likeness (QED) is 0.756. The van der Waals surface area contributed by atoms with Gasteiger partial charge in [-0.1, -0.05) is 12.1 Å². The van der Waals surface area contributed by atoms with Gasteiger partial charge in [-0.15, -0.1) is 0 Å². The van der Waals surface area contributed by atoms with Gasteiger partial charge in [0.25, 0.3) is 0 Å². The summed E-state index contributed by atoms with van der Waals surface area (Å²) in [5, 5.41) is -0.959. The van der Waals surface area contributed by atoms with E-state index in [2.05, 4.69) is 9.97 Å². The lowest BCUT2D eigenvalue weighted by Gasteiger charge is -2.10. The van der Waals surface area contributed by atoms with Crippen LogP contribution < -0.4 is 0 Å². The Labute approximate surface area is 136 Å². The number of aromatic nitrogens is 2. The van der Waals surface area contributed by atoms with Gasteiger partial charge in [0.1, 0.15) is 5.69 Å². The van der Waals surface area contributed by atoms with Crippen LogP contribution in [0.4, 0.5) is 13.2 Å². The van der Waals surface area contributed by atoms with Crippen LogP contribution in [0.25, 0.3) is 11.3 Å². The Morgan fingerprint density at radius 3 is 1.83 bits per heavy atom. The van der Waals surface area contributed by atoms with Gasteiger partial charge in [-0.05, 0) is 18.2 Å². The lowest BCUT2D eigenvalue weighted by Crippen LogP contribution is -2.14. The predicted molar refractivity (Wildman–Crippen MR) is 78.7 cm³/mol. The number of hydrogen-bond acceptors (Lipinski definition) is 6. The molecular weight excluding hydrogens is 369 g/mol. The topological polar surface area (TPSA) is 94.1 Å². The first-order chi connectivity index (χ1) is 10.8. The highest BCUT2D eigenvalue weighted by Gasteiger charge is 2.34. The van der Waals surface area contributed by atoms with Gasteiger partial charge in [0.05, 0.1) is 10.6 Å². The van der Waals surface area contributed by atoms with Crippen molar-refractivity contribution in [3.63, 3.8) is 0 Å². The molecule has 0 aliphatic rings. The van der Waals surface area contributed by atoms with Crippen molar-refractivity contribution in [2.75, 3.05) is 12.5 Å². The van der Waals surface area contributed by atoms with E-state index in [1.54, 1.807) is 0 Å². The SMILES string of the molecule is CS(=O)(=O)c1ccc(-c2cc(C(F)(F)F)nc(S(C)(=O)=O)n2)cc1. The summed E-state index contributed by atoms with van der Waals surface area (Å²) >= 11 is 0. The van der Waals surface area contributed by atoms with Crippen LogP contribution in [-0.4, -0.2) is 39.3 Å². The average molecular weight is 380 g/mol. The predicted octanol–water partition coefficient (Wildman–Crippen LogP) is 1.97. The largest absolute Gasteiger partial charge is 0.433 e. The van der Waals surface area contributed by atoms with Crippen molar-refractivity contribution in [2.24, 2.45) is 0 Å². The number of rotatable bonds is 3. The first-order valence-corrected chi connectivity index (χ1v) is 10.0. The maximum Gasteiger partial charge on any atom is 0.433 e. The summed E-state index contributed by atoms with van der Waals surface area (Å²) in [6.07, 6.45) is -3.18. The Morgan fingerprint density at radius 1 is 0.875 bits per heavy atom. The molecular formula is C13H11F3N2O4S2. The van der Waals surface area contributed by atoms with E-state index >= 15 is 0 Å². The van der Waals surface area contributed by atoms with Crippen LogP contribution in [0, 0.1) is 0 Å². The van der Waals surface area contributed by atoms with Gasteiger partial charge in [-0.25, -0.2) is 26.8 Å². The lowest BCUT2D eigenvalue weighted by molar-refractivity contribution is -0.141. The van der Waals surface area contributed by atoms with Gasteiger partial charge >= 0.3 is 6.18 Å². The van der Waals surface area contributed by atoms with Crippen LogP contribution in [0.2, 0.25) is 0 Å². The zero-order chi connectivity index (χ0) is 18.3. The Kier molecular flexibility index (Phi) is 4.44. The van der Waals surface area contributed by atoms with E-state index in [4.69, 9.17) is 0 Å². The lowest BCUT2D eigenvalue weighted by atomic mass is 10.1. The van der Waals surface area contributed by atoms with Crippen molar-refractivity contribution in [1.29, 1.82) is 0 Å². The molecule has 0 saturated heterocycles. The van der Waals surface area contributed by atoms with E-state index in [9.17, 15) is 30.0 Å². The maximum atomic E-state index is 12.9. The molecule has 0 fully saturated rings. The van der Waals surface area contributed by atoms with Gasteiger partial charge in [0.15, 0.2) is 9.84 Å². The highest BCUT2D eigenvalue weighted by Crippen LogP contribution is 2.31. The Hall–Kier alpha value is -2.01. The molecule has 1 aromatic carbocycles. The summed E-state index contributed by atoms with van der Waals surface area (Å²) < 4.78 is 84.5. The highest BCUT2D eigenvalue weighted by molar-refractivity contribution is 7.90. The molecule has 0 amide bonds. The number of alkyl halides is 3. The molecule has 24 heavy (non-hydrogen) atoms. The Balaban J connectivity index is 2.66. The second-order valence-electron chi connectivity index (χ2n) is 4.99. The first-order valence-electron chi connectivity index (χ1n) is 6.25. The Bertz CT molecular complexity index is 983. The summed E-state index contributed by atoms with van der Waals surface area (Å²) in [6, 6.07) is 5.47. The van der Waals surface area contributed by atoms with E-state index in [1.807, 2.05) is 0 Å². The number of nitrogens with zero attached hydrogens (tertiary/aromatic N) is 2. The van der Waals surface area contributed by atoms with Crippen molar-refractivity contribution in [2.45, 2.75) is 16.2 Å². The minimum Gasteiger partial charge on any atom is -0.224 e. The number of hydrogen-bond donors (Lipinski definition) is 0. The molecule has 0 N–H and O–H groups in total. The molecule has 6 nitrogen and oxygen atoms in total. The smallest absolute Gasteiger partial charge is 0.224 e.